The van der Waals surface area contributed by atoms with Crippen molar-refractivity contribution >= 4 is 29.4 Å². The number of nitrogens with zero attached hydrogens (tertiary/aromatic N) is 2. The van der Waals surface area contributed by atoms with Gasteiger partial charge in [0.25, 0.3) is 5.91 Å². The number of hydrogen-bond acceptors (Lipinski definition) is 4. The number of amides is 3. The SMILES string of the molecule is COc1ccc(C(=O)N2CCSC23CCN(C(=O)Nc2cccc(C)c2C)CC3)cc1. The number of hydrogen-bond donors (Lipinski definition) is 1. The molecule has 2 fully saturated rings. The Kier molecular flexibility index (Phi) is 6.14. The van der Waals surface area contributed by atoms with Gasteiger partial charge in [0.1, 0.15) is 5.75 Å². The van der Waals surface area contributed by atoms with Crippen molar-refractivity contribution < 1.29 is 14.3 Å². The minimum Gasteiger partial charge on any atom is -0.497 e. The highest BCUT2D eigenvalue weighted by molar-refractivity contribution is 8.00. The number of piperidine rings is 1. The Morgan fingerprint density at radius 2 is 1.74 bits per heavy atom. The van der Waals surface area contributed by atoms with Gasteiger partial charge in [0.05, 0.1) is 12.0 Å². The number of likely N-dealkylation sites (tertiary alicyclic amines) is 1. The minimum absolute atomic E-state index is 0.0564. The fraction of sp³-hybridized carbons (Fsp3) is 0.417. The fourth-order valence-corrected chi connectivity index (χ4v) is 5.79. The topological polar surface area (TPSA) is 61.9 Å². The molecule has 0 radical (unpaired) electrons. The number of rotatable bonds is 3. The Morgan fingerprint density at radius 1 is 1.03 bits per heavy atom. The van der Waals surface area contributed by atoms with Crippen LogP contribution in [-0.2, 0) is 0 Å². The molecule has 2 aliphatic heterocycles. The lowest BCUT2D eigenvalue weighted by atomic mass is 10.0. The Balaban J connectivity index is 1.41. The molecule has 2 heterocycles. The fourth-order valence-electron chi connectivity index (χ4n) is 4.34. The lowest BCUT2D eigenvalue weighted by Gasteiger charge is -2.44. The van der Waals surface area contributed by atoms with E-state index in [4.69, 9.17) is 4.74 Å². The largest absolute Gasteiger partial charge is 0.497 e. The summed E-state index contributed by atoms with van der Waals surface area (Å²) in [6.07, 6.45) is 1.56. The molecule has 0 saturated carbocycles. The van der Waals surface area contributed by atoms with Gasteiger partial charge in [-0.2, -0.15) is 0 Å². The summed E-state index contributed by atoms with van der Waals surface area (Å²) < 4.78 is 5.20. The van der Waals surface area contributed by atoms with E-state index in [2.05, 4.69) is 5.32 Å². The first kappa shape index (κ1) is 21.6. The predicted octanol–water partition coefficient (Wildman–Crippen LogP) is 4.53. The summed E-state index contributed by atoms with van der Waals surface area (Å²) in [5.74, 6) is 1.72. The summed E-state index contributed by atoms with van der Waals surface area (Å²) in [4.78, 5) is 29.7. The average Bonchev–Trinajstić information content (AvgIpc) is 3.19. The molecule has 0 atom stereocenters. The van der Waals surface area contributed by atoms with Gasteiger partial charge in [-0.25, -0.2) is 4.79 Å². The van der Waals surface area contributed by atoms with Gasteiger partial charge < -0.3 is 19.9 Å². The monoisotopic (exact) mass is 439 g/mol. The minimum atomic E-state index is -0.229. The zero-order valence-electron chi connectivity index (χ0n) is 18.3. The van der Waals surface area contributed by atoms with Gasteiger partial charge in [-0.3, -0.25) is 4.79 Å². The van der Waals surface area contributed by atoms with Crippen LogP contribution in [0.4, 0.5) is 10.5 Å². The lowest BCUT2D eigenvalue weighted by molar-refractivity contribution is 0.0585. The van der Waals surface area contributed by atoms with Gasteiger partial charge in [0.2, 0.25) is 0 Å². The molecule has 1 N–H and O–H groups in total. The number of methoxy groups -OCH3 is 1. The van der Waals surface area contributed by atoms with E-state index < -0.39 is 0 Å². The van der Waals surface area contributed by atoms with Gasteiger partial charge in [-0.05, 0) is 68.1 Å². The van der Waals surface area contributed by atoms with Gasteiger partial charge in [-0.1, -0.05) is 12.1 Å². The van der Waals surface area contributed by atoms with E-state index in [0.717, 1.165) is 47.7 Å². The van der Waals surface area contributed by atoms with Crippen molar-refractivity contribution in [3.05, 3.63) is 59.2 Å². The molecule has 7 heteroatoms. The first-order valence-corrected chi connectivity index (χ1v) is 11.6. The van der Waals surface area contributed by atoms with E-state index in [9.17, 15) is 9.59 Å². The number of aryl methyl sites for hydroxylation is 1. The van der Waals surface area contributed by atoms with Crippen LogP contribution in [0.2, 0.25) is 0 Å². The molecule has 2 aromatic rings. The Labute approximate surface area is 187 Å². The van der Waals surface area contributed by atoms with E-state index in [1.807, 2.05) is 77.9 Å². The maximum Gasteiger partial charge on any atom is 0.321 e. The first-order chi connectivity index (χ1) is 14.9. The molecule has 1 spiro atoms. The standard InChI is InChI=1S/C24H29N3O3S/c1-17-5-4-6-21(18(17)2)25-23(29)26-13-11-24(12-14-26)27(15-16-31-24)22(28)19-7-9-20(30-3)10-8-19/h4-10H,11-16H2,1-3H3,(H,25,29). The molecule has 0 aromatic heterocycles. The van der Waals surface area contributed by atoms with E-state index in [0.29, 0.717) is 18.7 Å². The Bertz CT molecular complexity index is 969. The van der Waals surface area contributed by atoms with Crippen molar-refractivity contribution in [2.45, 2.75) is 31.6 Å². The van der Waals surface area contributed by atoms with Crippen LogP contribution in [-0.4, -0.2) is 59.1 Å². The average molecular weight is 440 g/mol. The number of thioether (sulfide) groups is 1. The van der Waals surface area contributed by atoms with Crippen molar-refractivity contribution in [1.82, 2.24) is 9.80 Å². The molecule has 164 valence electrons. The third kappa shape index (κ3) is 4.24. The number of anilines is 1. The molecule has 6 nitrogen and oxygen atoms in total. The number of urea groups is 1. The van der Waals surface area contributed by atoms with Crippen LogP contribution in [0.15, 0.2) is 42.5 Å². The smallest absolute Gasteiger partial charge is 0.321 e. The second-order valence-corrected chi connectivity index (χ2v) is 9.60. The van der Waals surface area contributed by atoms with Crippen LogP contribution in [0, 0.1) is 13.8 Å². The first-order valence-electron chi connectivity index (χ1n) is 10.7. The second kappa shape index (κ2) is 8.83. The van der Waals surface area contributed by atoms with Crippen LogP contribution in [0.5, 0.6) is 5.75 Å². The molecule has 0 aliphatic carbocycles. The quantitative estimate of drug-likeness (QED) is 0.764. The van der Waals surface area contributed by atoms with E-state index >= 15 is 0 Å². The van der Waals surface area contributed by atoms with Gasteiger partial charge >= 0.3 is 6.03 Å². The molecular weight excluding hydrogens is 410 g/mol. The predicted molar refractivity (Wildman–Crippen MR) is 125 cm³/mol. The summed E-state index contributed by atoms with van der Waals surface area (Å²) in [5.41, 5.74) is 3.78. The van der Waals surface area contributed by atoms with Gasteiger partial charge in [0, 0.05) is 36.6 Å². The number of carbonyl (C=O) groups is 2. The van der Waals surface area contributed by atoms with Gasteiger partial charge in [0.15, 0.2) is 0 Å². The summed E-state index contributed by atoms with van der Waals surface area (Å²) in [6, 6.07) is 13.2. The van der Waals surface area contributed by atoms with Crippen LogP contribution in [0.1, 0.15) is 34.3 Å². The molecule has 4 rings (SSSR count). The zero-order chi connectivity index (χ0) is 22.0. The van der Waals surface area contributed by atoms with Crippen LogP contribution in [0.3, 0.4) is 0 Å². The summed E-state index contributed by atoms with van der Waals surface area (Å²) in [5, 5.41) is 3.06. The Morgan fingerprint density at radius 3 is 2.42 bits per heavy atom. The molecule has 0 bridgehead atoms. The van der Waals surface area contributed by atoms with Crippen LogP contribution >= 0.6 is 11.8 Å². The van der Waals surface area contributed by atoms with Crippen molar-refractivity contribution in [3.8, 4) is 5.75 Å². The molecule has 2 saturated heterocycles. The molecule has 2 aromatic carbocycles. The summed E-state index contributed by atoms with van der Waals surface area (Å²) >= 11 is 1.85. The van der Waals surface area contributed by atoms with Crippen molar-refractivity contribution in [2.75, 3.05) is 37.8 Å². The van der Waals surface area contributed by atoms with Crippen molar-refractivity contribution in [3.63, 3.8) is 0 Å². The highest BCUT2D eigenvalue weighted by Gasteiger charge is 2.47. The third-order valence-corrected chi connectivity index (χ3v) is 7.99. The number of nitrogens with one attached hydrogen (secondary N) is 1. The third-order valence-electron chi connectivity index (χ3n) is 6.44. The molecule has 31 heavy (non-hydrogen) atoms. The van der Waals surface area contributed by atoms with E-state index in [1.165, 1.54) is 0 Å². The molecule has 0 unspecified atom stereocenters. The molecule has 3 amide bonds. The number of ether oxygens (including phenoxy) is 1. The molecular formula is C24H29N3O3S. The van der Waals surface area contributed by atoms with Crippen molar-refractivity contribution in [2.24, 2.45) is 0 Å². The zero-order valence-corrected chi connectivity index (χ0v) is 19.1. The summed E-state index contributed by atoms with van der Waals surface area (Å²) in [6.45, 7) is 6.08. The molecule has 2 aliphatic rings. The lowest BCUT2D eigenvalue weighted by Crippen LogP contribution is -2.54. The summed E-state index contributed by atoms with van der Waals surface area (Å²) in [7, 11) is 1.62. The Hall–Kier alpha value is -2.67. The van der Waals surface area contributed by atoms with Crippen LogP contribution < -0.4 is 10.1 Å². The van der Waals surface area contributed by atoms with Gasteiger partial charge in [-0.15, -0.1) is 11.8 Å². The highest BCUT2D eigenvalue weighted by Crippen LogP contribution is 2.44. The highest BCUT2D eigenvalue weighted by atomic mass is 32.2. The maximum absolute atomic E-state index is 13.2. The number of benzene rings is 2. The van der Waals surface area contributed by atoms with Crippen LogP contribution in [0.25, 0.3) is 0 Å². The van der Waals surface area contributed by atoms with E-state index in [-0.39, 0.29) is 16.8 Å². The number of carbonyl (C=O) groups excluding carboxylic acids is 2. The normalized spacial score (nSPS) is 17.6. The van der Waals surface area contributed by atoms with Crippen molar-refractivity contribution in [1.29, 1.82) is 0 Å². The second-order valence-electron chi connectivity index (χ2n) is 8.14. The van der Waals surface area contributed by atoms with E-state index in [1.54, 1.807) is 7.11 Å². The maximum atomic E-state index is 13.2.